The Morgan fingerprint density at radius 3 is 2.76 bits per heavy atom. The van der Waals surface area contributed by atoms with Gasteiger partial charge in [-0.25, -0.2) is 0 Å². The molecule has 0 aliphatic heterocycles. The lowest BCUT2D eigenvalue weighted by Crippen LogP contribution is -2.07. The predicted octanol–water partition coefficient (Wildman–Crippen LogP) is 2.35. The molecule has 0 saturated heterocycles. The fourth-order valence-corrected chi connectivity index (χ4v) is 1.38. The summed E-state index contributed by atoms with van der Waals surface area (Å²) in [5.74, 6) is 0.620. The number of hydrogen-bond donors (Lipinski definition) is 1. The van der Waals surface area contributed by atoms with Gasteiger partial charge in [0.15, 0.2) is 0 Å². The zero-order chi connectivity index (χ0) is 12.5. The highest BCUT2D eigenvalue weighted by Gasteiger charge is 2.01. The maximum Gasteiger partial charge on any atom is 0.143 e. The van der Waals surface area contributed by atoms with E-state index in [1.165, 1.54) is 0 Å². The van der Waals surface area contributed by atoms with Gasteiger partial charge in [0.05, 0.1) is 25.5 Å². The first-order valence-corrected chi connectivity index (χ1v) is 5.86. The third-order valence-corrected chi connectivity index (χ3v) is 2.33. The van der Waals surface area contributed by atoms with Gasteiger partial charge in [0.25, 0.3) is 0 Å². The van der Waals surface area contributed by atoms with Gasteiger partial charge in [0, 0.05) is 31.2 Å². The highest BCUT2D eigenvalue weighted by molar-refractivity contribution is 6.30. The van der Waals surface area contributed by atoms with E-state index in [1.54, 1.807) is 25.3 Å². The summed E-state index contributed by atoms with van der Waals surface area (Å²) in [5, 5.41) is 0.616. The first kappa shape index (κ1) is 14.1. The molecule has 1 aromatic rings. The molecular weight excluding hydrogens is 242 g/mol. The first-order valence-electron chi connectivity index (χ1n) is 5.48. The van der Waals surface area contributed by atoms with Gasteiger partial charge in [-0.1, -0.05) is 11.6 Å². The Labute approximate surface area is 107 Å². The molecule has 0 unspecified atom stereocenters. The topological polar surface area (TPSA) is 53.7 Å². The van der Waals surface area contributed by atoms with Gasteiger partial charge in [0.1, 0.15) is 5.75 Å². The van der Waals surface area contributed by atoms with Crippen molar-refractivity contribution in [1.29, 1.82) is 0 Å². The van der Waals surface area contributed by atoms with Crippen molar-refractivity contribution in [3.05, 3.63) is 23.2 Å². The molecule has 0 fully saturated rings. The van der Waals surface area contributed by atoms with Crippen LogP contribution >= 0.6 is 11.6 Å². The summed E-state index contributed by atoms with van der Waals surface area (Å²) < 4.78 is 15.7. The first-order chi connectivity index (χ1) is 8.24. The largest absolute Gasteiger partial charge is 0.491 e. The van der Waals surface area contributed by atoms with E-state index in [2.05, 4.69) is 0 Å². The Morgan fingerprint density at radius 2 is 2.00 bits per heavy atom. The second kappa shape index (κ2) is 8.17. The Morgan fingerprint density at radius 1 is 1.18 bits per heavy atom. The van der Waals surface area contributed by atoms with Gasteiger partial charge in [0.2, 0.25) is 0 Å². The summed E-state index contributed by atoms with van der Waals surface area (Å²) in [4.78, 5) is 0. The molecule has 0 aromatic heterocycles. The molecule has 0 saturated carbocycles. The maximum absolute atomic E-state index is 5.84. The van der Waals surface area contributed by atoms with Crippen LogP contribution in [0.25, 0.3) is 0 Å². The Bertz CT molecular complexity index is 334. The molecule has 17 heavy (non-hydrogen) atoms. The molecule has 0 atom stereocenters. The molecule has 0 bridgehead atoms. The van der Waals surface area contributed by atoms with E-state index >= 15 is 0 Å². The average Bonchev–Trinajstić information content (AvgIpc) is 2.32. The minimum Gasteiger partial charge on any atom is -0.491 e. The van der Waals surface area contributed by atoms with Crippen LogP contribution in [-0.4, -0.2) is 33.5 Å². The normalized spacial score (nSPS) is 10.5. The van der Waals surface area contributed by atoms with Crippen LogP contribution in [0.3, 0.4) is 0 Å². The summed E-state index contributed by atoms with van der Waals surface area (Å²) in [7, 11) is 1.65. The van der Waals surface area contributed by atoms with E-state index in [1.807, 2.05) is 0 Å². The smallest absolute Gasteiger partial charge is 0.143 e. The van der Waals surface area contributed by atoms with Crippen LogP contribution < -0.4 is 10.5 Å². The Balaban J connectivity index is 2.15. The number of rotatable bonds is 8. The van der Waals surface area contributed by atoms with Crippen LogP contribution in [0.2, 0.25) is 5.02 Å². The fourth-order valence-electron chi connectivity index (χ4n) is 1.22. The van der Waals surface area contributed by atoms with Gasteiger partial charge in [-0.3, -0.25) is 0 Å². The van der Waals surface area contributed by atoms with Gasteiger partial charge < -0.3 is 19.9 Å². The second-order valence-corrected chi connectivity index (χ2v) is 3.93. The number of hydrogen-bond acceptors (Lipinski definition) is 4. The molecule has 96 valence electrons. The maximum atomic E-state index is 5.84. The summed E-state index contributed by atoms with van der Waals surface area (Å²) in [5.41, 5.74) is 6.33. The lowest BCUT2D eigenvalue weighted by Gasteiger charge is -2.09. The second-order valence-electron chi connectivity index (χ2n) is 3.49. The quantitative estimate of drug-likeness (QED) is 0.575. The number of halogens is 1. The number of nitrogen functional groups attached to an aromatic ring is 1. The lowest BCUT2D eigenvalue weighted by atomic mass is 10.3. The third-order valence-electron chi connectivity index (χ3n) is 2.10. The molecule has 1 rings (SSSR count). The zero-order valence-electron chi connectivity index (χ0n) is 9.95. The van der Waals surface area contributed by atoms with Crippen molar-refractivity contribution in [2.24, 2.45) is 0 Å². The average molecular weight is 260 g/mol. The molecule has 4 nitrogen and oxygen atoms in total. The molecule has 0 amide bonds. The zero-order valence-corrected chi connectivity index (χ0v) is 10.7. The van der Waals surface area contributed by atoms with E-state index in [0.717, 1.165) is 6.42 Å². The van der Waals surface area contributed by atoms with Crippen LogP contribution in [0.1, 0.15) is 6.42 Å². The molecule has 0 aliphatic rings. The van der Waals surface area contributed by atoms with Crippen molar-refractivity contribution < 1.29 is 14.2 Å². The Kier molecular flexibility index (Phi) is 6.77. The van der Waals surface area contributed by atoms with Crippen molar-refractivity contribution in [3.8, 4) is 5.75 Å². The van der Waals surface area contributed by atoms with Crippen molar-refractivity contribution in [2.75, 3.05) is 39.3 Å². The van der Waals surface area contributed by atoms with Crippen LogP contribution in [-0.2, 0) is 9.47 Å². The number of nitrogens with two attached hydrogens (primary N) is 1. The van der Waals surface area contributed by atoms with E-state index in [9.17, 15) is 0 Å². The van der Waals surface area contributed by atoms with E-state index < -0.39 is 0 Å². The van der Waals surface area contributed by atoms with Gasteiger partial charge >= 0.3 is 0 Å². The minimum atomic E-state index is 0.553. The van der Waals surface area contributed by atoms with Crippen LogP contribution in [0.5, 0.6) is 5.75 Å². The fraction of sp³-hybridized carbons (Fsp3) is 0.500. The SMILES string of the molecule is COCCOCCCOc1cc(Cl)ccc1N. The third kappa shape index (κ3) is 5.77. The van der Waals surface area contributed by atoms with Crippen molar-refractivity contribution >= 4 is 17.3 Å². The minimum absolute atomic E-state index is 0.553. The van der Waals surface area contributed by atoms with Crippen molar-refractivity contribution in [1.82, 2.24) is 0 Å². The summed E-state index contributed by atoms with van der Waals surface area (Å²) in [6, 6.07) is 5.17. The molecular formula is C12H18ClNO3. The van der Waals surface area contributed by atoms with Crippen LogP contribution in [0.15, 0.2) is 18.2 Å². The van der Waals surface area contributed by atoms with E-state index in [0.29, 0.717) is 42.9 Å². The lowest BCUT2D eigenvalue weighted by molar-refractivity contribution is 0.0645. The predicted molar refractivity (Wildman–Crippen MR) is 68.7 cm³/mol. The molecule has 5 heteroatoms. The Hall–Kier alpha value is -0.970. The molecule has 0 spiro atoms. The van der Waals surface area contributed by atoms with Crippen LogP contribution in [0.4, 0.5) is 5.69 Å². The van der Waals surface area contributed by atoms with Crippen molar-refractivity contribution in [2.45, 2.75) is 6.42 Å². The molecule has 2 N–H and O–H groups in total. The van der Waals surface area contributed by atoms with Crippen LogP contribution in [0, 0.1) is 0 Å². The van der Waals surface area contributed by atoms with Gasteiger partial charge in [-0.05, 0) is 12.1 Å². The molecule has 1 aromatic carbocycles. The van der Waals surface area contributed by atoms with Gasteiger partial charge in [-0.2, -0.15) is 0 Å². The van der Waals surface area contributed by atoms with Gasteiger partial charge in [-0.15, -0.1) is 0 Å². The number of methoxy groups -OCH3 is 1. The van der Waals surface area contributed by atoms with E-state index in [4.69, 9.17) is 31.5 Å². The standard InChI is InChI=1S/C12H18ClNO3/c1-15-7-8-16-5-2-6-17-12-9-10(13)3-4-11(12)14/h3-4,9H,2,5-8,14H2,1H3. The molecule has 0 heterocycles. The number of ether oxygens (including phenoxy) is 3. The number of anilines is 1. The molecule has 0 radical (unpaired) electrons. The summed E-state index contributed by atoms with van der Waals surface area (Å²) in [6.07, 6.45) is 0.801. The number of benzene rings is 1. The summed E-state index contributed by atoms with van der Waals surface area (Å²) in [6.45, 7) is 2.42. The monoisotopic (exact) mass is 259 g/mol. The highest BCUT2D eigenvalue weighted by Crippen LogP contribution is 2.25. The summed E-state index contributed by atoms with van der Waals surface area (Å²) >= 11 is 5.84. The highest BCUT2D eigenvalue weighted by atomic mass is 35.5. The molecule has 0 aliphatic carbocycles. The van der Waals surface area contributed by atoms with Crippen molar-refractivity contribution in [3.63, 3.8) is 0 Å². The van der Waals surface area contributed by atoms with E-state index in [-0.39, 0.29) is 0 Å².